The number of nitrogens with zero attached hydrogens (tertiary/aromatic N) is 8. The van der Waals surface area contributed by atoms with Crippen LogP contribution in [0.3, 0.4) is 0 Å². The van der Waals surface area contributed by atoms with Gasteiger partial charge in [0.1, 0.15) is 11.6 Å². The molecule has 2 N–H and O–H groups in total. The molecule has 1 saturated heterocycles. The van der Waals surface area contributed by atoms with E-state index in [1.807, 2.05) is 13.0 Å². The molecule has 4 heterocycles. The van der Waals surface area contributed by atoms with Gasteiger partial charge in [-0.3, -0.25) is 4.90 Å². The van der Waals surface area contributed by atoms with E-state index in [4.69, 9.17) is 10.3 Å². The van der Waals surface area contributed by atoms with E-state index in [9.17, 15) is 4.39 Å². The molecule has 0 radical (unpaired) electrons. The summed E-state index contributed by atoms with van der Waals surface area (Å²) in [5, 5.41) is 8.42. The lowest BCUT2D eigenvalue weighted by Crippen LogP contribution is -2.32. The Kier molecular flexibility index (Phi) is 4.94. The van der Waals surface area contributed by atoms with Crippen molar-refractivity contribution in [1.29, 1.82) is 0 Å². The summed E-state index contributed by atoms with van der Waals surface area (Å²) in [5.74, 6) is 1.85. The second-order valence-electron chi connectivity index (χ2n) is 7.59. The number of anilines is 2. The Hall–Kier alpha value is -3.60. The highest BCUT2D eigenvalue weighted by molar-refractivity contribution is 5.58. The van der Waals surface area contributed by atoms with Gasteiger partial charge in [0.05, 0.1) is 5.69 Å². The third kappa shape index (κ3) is 4.04. The molecule has 1 aliphatic heterocycles. The third-order valence-electron chi connectivity index (χ3n) is 5.24. The molecule has 0 unspecified atom stereocenters. The fraction of sp³-hybridized carbons (Fsp3) is 0.350. The van der Waals surface area contributed by atoms with Crippen molar-refractivity contribution in [2.75, 3.05) is 36.8 Å². The van der Waals surface area contributed by atoms with Crippen LogP contribution in [0.15, 0.2) is 34.9 Å². The summed E-state index contributed by atoms with van der Waals surface area (Å²) in [6, 6.07) is 8.06. The van der Waals surface area contributed by atoms with Crippen LogP contribution in [0.1, 0.15) is 17.9 Å². The van der Waals surface area contributed by atoms with Crippen molar-refractivity contribution in [3.8, 4) is 11.4 Å². The first-order chi connectivity index (χ1) is 15.0. The Balaban J connectivity index is 1.36. The van der Waals surface area contributed by atoms with Gasteiger partial charge in [0.2, 0.25) is 11.9 Å². The number of rotatable bonds is 4. The highest BCUT2D eigenvalue weighted by Gasteiger charge is 2.20. The van der Waals surface area contributed by atoms with Crippen LogP contribution in [0, 0.1) is 12.7 Å². The Morgan fingerprint density at radius 2 is 2.00 bits per heavy atom. The molecule has 0 amide bonds. The summed E-state index contributed by atoms with van der Waals surface area (Å²) < 4.78 is 20.1. The van der Waals surface area contributed by atoms with E-state index in [1.165, 1.54) is 16.6 Å². The number of hydrogen-bond acceptors (Lipinski definition) is 9. The first-order valence-electron chi connectivity index (χ1n) is 10.1. The molecule has 0 atom stereocenters. The topological polar surface area (TPSA) is 114 Å². The zero-order valence-electron chi connectivity index (χ0n) is 17.1. The van der Waals surface area contributed by atoms with Crippen molar-refractivity contribution in [2.24, 2.45) is 0 Å². The number of benzene rings is 1. The van der Waals surface area contributed by atoms with Gasteiger partial charge in [0.25, 0.3) is 5.78 Å². The van der Waals surface area contributed by atoms with Gasteiger partial charge in [-0.05, 0) is 25.5 Å². The quantitative estimate of drug-likeness (QED) is 0.526. The zero-order valence-corrected chi connectivity index (χ0v) is 17.1. The van der Waals surface area contributed by atoms with Crippen LogP contribution in [0.25, 0.3) is 17.2 Å². The first-order valence-corrected chi connectivity index (χ1v) is 10.1. The maximum absolute atomic E-state index is 13.6. The van der Waals surface area contributed by atoms with Crippen LogP contribution in [0.5, 0.6) is 0 Å². The molecule has 0 aliphatic carbocycles. The van der Waals surface area contributed by atoms with Gasteiger partial charge in [-0.2, -0.15) is 19.5 Å². The second-order valence-corrected chi connectivity index (χ2v) is 7.59. The molecule has 0 spiro atoms. The van der Waals surface area contributed by atoms with E-state index in [0.29, 0.717) is 23.1 Å². The van der Waals surface area contributed by atoms with Gasteiger partial charge in [-0.15, -0.1) is 5.10 Å². The zero-order chi connectivity index (χ0) is 21.4. The molecule has 31 heavy (non-hydrogen) atoms. The maximum atomic E-state index is 13.6. The third-order valence-corrected chi connectivity index (χ3v) is 5.24. The van der Waals surface area contributed by atoms with Crippen molar-refractivity contribution >= 4 is 17.7 Å². The number of nitrogen functional groups attached to an aromatic ring is 1. The Labute approximate surface area is 177 Å². The molecule has 1 aliphatic rings. The van der Waals surface area contributed by atoms with Crippen LogP contribution in [-0.4, -0.2) is 60.8 Å². The normalized spacial score (nSPS) is 15.5. The van der Waals surface area contributed by atoms with Gasteiger partial charge in [-0.25, -0.2) is 4.39 Å². The summed E-state index contributed by atoms with van der Waals surface area (Å²) in [7, 11) is 0. The van der Waals surface area contributed by atoms with Crippen LogP contribution < -0.4 is 10.6 Å². The van der Waals surface area contributed by atoms with Crippen molar-refractivity contribution in [2.45, 2.75) is 19.9 Å². The smallest absolute Gasteiger partial charge is 0.259 e. The molecule has 11 heteroatoms. The molecule has 1 aromatic carbocycles. The highest BCUT2D eigenvalue weighted by Crippen LogP contribution is 2.20. The van der Waals surface area contributed by atoms with Crippen LogP contribution in [0.4, 0.5) is 16.3 Å². The van der Waals surface area contributed by atoms with E-state index in [0.717, 1.165) is 50.6 Å². The molecule has 0 bridgehead atoms. The fourth-order valence-corrected chi connectivity index (χ4v) is 3.74. The minimum atomic E-state index is -0.356. The minimum Gasteiger partial charge on any atom is -0.368 e. The SMILES string of the molecule is Cc1cc(CN2CCCN(c3nc(N)n4nc(-c5cccc(F)c5)nc4n3)CC2)no1. The number of hydrogen-bond donors (Lipinski definition) is 1. The van der Waals surface area contributed by atoms with Crippen molar-refractivity contribution in [3.63, 3.8) is 0 Å². The van der Waals surface area contributed by atoms with Crippen LogP contribution in [-0.2, 0) is 6.54 Å². The number of halogens is 1. The minimum absolute atomic E-state index is 0.189. The molecule has 5 rings (SSSR count). The lowest BCUT2D eigenvalue weighted by Gasteiger charge is -2.21. The largest absolute Gasteiger partial charge is 0.368 e. The highest BCUT2D eigenvalue weighted by atomic mass is 19.1. The number of aromatic nitrogens is 6. The Morgan fingerprint density at radius 1 is 1.10 bits per heavy atom. The fourth-order valence-electron chi connectivity index (χ4n) is 3.74. The molecule has 0 saturated carbocycles. The number of fused-ring (bicyclic) bond motifs is 1. The monoisotopic (exact) mass is 423 g/mol. The van der Waals surface area contributed by atoms with E-state index in [-0.39, 0.29) is 11.8 Å². The summed E-state index contributed by atoms with van der Waals surface area (Å²) in [5.41, 5.74) is 7.62. The lowest BCUT2D eigenvalue weighted by atomic mass is 10.2. The predicted octanol–water partition coefficient (Wildman–Crippen LogP) is 1.92. The average Bonchev–Trinajstić information content (AvgIpc) is 3.29. The van der Waals surface area contributed by atoms with Crippen molar-refractivity contribution in [3.05, 3.63) is 47.6 Å². The Bertz CT molecular complexity index is 1220. The van der Waals surface area contributed by atoms with Gasteiger partial charge in [-0.1, -0.05) is 17.3 Å². The molecule has 3 aromatic heterocycles. The van der Waals surface area contributed by atoms with E-state index in [1.54, 1.807) is 12.1 Å². The Morgan fingerprint density at radius 3 is 2.81 bits per heavy atom. The summed E-state index contributed by atoms with van der Waals surface area (Å²) >= 11 is 0. The van der Waals surface area contributed by atoms with E-state index in [2.05, 4.69) is 35.0 Å². The average molecular weight is 423 g/mol. The van der Waals surface area contributed by atoms with Gasteiger partial charge >= 0.3 is 0 Å². The maximum Gasteiger partial charge on any atom is 0.259 e. The molecule has 10 nitrogen and oxygen atoms in total. The van der Waals surface area contributed by atoms with E-state index >= 15 is 0 Å². The molecule has 1 fully saturated rings. The second kappa shape index (κ2) is 7.91. The summed E-state index contributed by atoms with van der Waals surface area (Å²) in [4.78, 5) is 17.9. The van der Waals surface area contributed by atoms with Crippen LogP contribution in [0.2, 0.25) is 0 Å². The molecular weight excluding hydrogens is 401 g/mol. The molecule has 4 aromatic rings. The number of aryl methyl sites for hydroxylation is 1. The summed E-state index contributed by atoms with van der Waals surface area (Å²) in [6.45, 7) is 5.96. The predicted molar refractivity (Wildman–Crippen MR) is 112 cm³/mol. The van der Waals surface area contributed by atoms with Gasteiger partial charge in [0.15, 0.2) is 5.82 Å². The molecule has 160 valence electrons. The van der Waals surface area contributed by atoms with Gasteiger partial charge in [0, 0.05) is 44.4 Å². The lowest BCUT2D eigenvalue weighted by molar-refractivity contribution is 0.273. The standard InChI is InChI=1S/C20H22FN9O/c1-13-10-16(27-31-13)12-28-6-3-7-29(9-8-28)19-24-18(22)30-20(25-19)23-17(26-30)14-4-2-5-15(21)11-14/h2,4-5,10-11H,3,6-9,12H2,1H3,(H2,22,23,24,25,26). The summed E-state index contributed by atoms with van der Waals surface area (Å²) in [6.07, 6.45) is 0.951. The van der Waals surface area contributed by atoms with E-state index < -0.39 is 0 Å². The number of nitrogens with two attached hydrogens (primary N) is 1. The molecular formula is C20H22FN9O. The van der Waals surface area contributed by atoms with Crippen molar-refractivity contribution < 1.29 is 8.91 Å². The first kappa shape index (κ1) is 19.4. The van der Waals surface area contributed by atoms with Gasteiger partial charge < -0.3 is 15.2 Å². The van der Waals surface area contributed by atoms with Crippen LogP contribution >= 0.6 is 0 Å². The van der Waals surface area contributed by atoms with Crippen molar-refractivity contribution in [1.82, 2.24) is 34.6 Å².